The van der Waals surface area contributed by atoms with Gasteiger partial charge in [-0.3, -0.25) is 4.99 Å². The van der Waals surface area contributed by atoms with Crippen molar-refractivity contribution in [2.75, 3.05) is 26.0 Å². The number of aryl methyl sites for hydroxylation is 1. The predicted octanol–water partition coefficient (Wildman–Crippen LogP) is 3.00. The molecule has 23 heavy (non-hydrogen) atoms. The second-order valence-electron chi connectivity index (χ2n) is 5.19. The molecule has 2 aromatic rings. The number of nitrogens with zero attached hydrogens (tertiary/aromatic N) is 3. The van der Waals surface area contributed by atoms with Gasteiger partial charge >= 0.3 is 0 Å². The van der Waals surface area contributed by atoms with Crippen molar-refractivity contribution >= 4 is 47.1 Å². The Kier molecular flexibility index (Phi) is 8.32. The van der Waals surface area contributed by atoms with Crippen molar-refractivity contribution in [2.45, 2.75) is 20.0 Å². The van der Waals surface area contributed by atoms with Crippen LogP contribution in [0, 0.1) is 6.92 Å². The maximum atomic E-state index is 4.41. The number of aromatic nitrogens is 1. The third-order valence-electron chi connectivity index (χ3n) is 3.35. The zero-order chi connectivity index (χ0) is 15.9. The Labute approximate surface area is 159 Å². The molecule has 2 aromatic heterocycles. The van der Waals surface area contributed by atoms with Crippen molar-refractivity contribution < 1.29 is 0 Å². The topological polar surface area (TPSA) is 52.6 Å². The van der Waals surface area contributed by atoms with Gasteiger partial charge in [0, 0.05) is 44.3 Å². The molecule has 0 spiro atoms. The van der Waals surface area contributed by atoms with Crippen molar-refractivity contribution in [3.63, 3.8) is 0 Å². The Bertz CT molecular complexity index is 639. The molecule has 0 amide bonds. The molecule has 0 saturated carbocycles. The molecule has 0 fully saturated rings. The van der Waals surface area contributed by atoms with E-state index in [-0.39, 0.29) is 24.0 Å². The van der Waals surface area contributed by atoms with Crippen LogP contribution in [0.4, 0.5) is 5.82 Å². The predicted molar refractivity (Wildman–Crippen MR) is 110 cm³/mol. The van der Waals surface area contributed by atoms with E-state index in [0.29, 0.717) is 6.54 Å². The molecule has 126 valence electrons. The summed E-state index contributed by atoms with van der Waals surface area (Å²) in [5, 5.41) is 8.80. The maximum absolute atomic E-state index is 4.41. The number of rotatable bonds is 5. The van der Waals surface area contributed by atoms with E-state index in [1.165, 1.54) is 10.4 Å². The van der Waals surface area contributed by atoms with Crippen molar-refractivity contribution in [1.82, 2.24) is 15.6 Å². The van der Waals surface area contributed by atoms with Gasteiger partial charge in [0.05, 0.1) is 6.54 Å². The third-order valence-corrected chi connectivity index (χ3v) is 4.37. The van der Waals surface area contributed by atoms with Gasteiger partial charge in [-0.15, -0.1) is 35.3 Å². The minimum Gasteiger partial charge on any atom is -0.362 e. The zero-order valence-electron chi connectivity index (χ0n) is 14.0. The summed E-state index contributed by atoms with van der Waals surface area (Å²) in [5.74, 6) is 1.76. The Balaban J connectivity index is 0.00000264. The molecule has 0 bridgehead atoms. The summed E-state index contributed by atoms with van der Waals surface area (Å²) in [5.41, 5.74) is 2.46. The van der Waals surface area contributed by atoms with E-state index in [4.69, 9.17) is 0 Å². The number of guanidine groups is 1. The average molecular weight is 445 g/mol. The molecule has 0 unspecified atom stereocenters. The van der Waals surface area contributed by atoms with Crippen molar-refractivity contribution in [2.24, 2.45) is 4.99 Å². The van der Waals surface area contributed by atoms with Crippen molar-refractivity contribution in [1.29, 1.82) is 0 Å². The lowest BCUT2D eigenvalue weighted by Crippen LogP contribution is -2.36. The van der Waals surface area contributed by atoms with Crippen LogP contribution in [0.15, 0.2) is 34.8 Å². The van der Waals surface area contributed by atoms with Gasteiger partial charge in [-0.1, -0.05) is 6.07 Å². The first-order valence-corrected chi connectivity index (χ1v) is 8.08. The highest BCUT2D eigenvalue weighted by Crippen LogP contribution is 2.15. The molecule has 2 N–H and O–H groups in total. The Morgan fingerprint density at radius 1 is 1.26 bits per heavy atom. The monoisotopic (exact) mass is 445 g/mol. The minimum atomic E-state index is 0. The summed E-state index contributed by atoms with van der Waals surface area (Å²) >= 11 is 1.76. The van der Waals surface area contributed by atoms with Gasteiger partial charge in [-0.2, -0.15) is 0 Å². The molecule has 0 aliphatic heterocycles. The van der Waals surface area contributed by atoms with Gasteiger partial charge in [0.15, 0.2) is 5.96 Å². The molecule has 2 heterocycles. The largest absolute Gasteiger partial charge is 0.362 e. The van der Waals surface area contributed by atoms with Crippen LogP contribution in [0.5, 0.6) is 0 Å². The van der Waals surface area contributed by atoms with E-state index in [2.05, 4.69) is 45.0 Å². The quantitative estimate of drug-likeness (QED) is 0.422. The minimum absolute atomic E-state index is 0. The lowest BCUT2D eigenvalue weighted by molar-refractivity contribution is 0.808. The Morgan fingerprint density at radius 2 is 2.00 bits per heavy atom. The molecular formula is C16H24IN5S. The van der Waals surface area contributed by atoms with Gasteiger partial charge in [0.25, 0.3) is 0 Å². The highest BCUT2D eigenvalue weighted by molar-refractivity contribution is 14.0. The molecule has 2 rings (SSSR count). The van der Waals surface area contributed by atoms with E-state index >= 15 is 0 Å². The van der Waals surface area contributed by atoms with Gasteiger partial charge in [0.2, 0.25) is 0 Å². The van der Waals surface area contributed by atoms with E-state index < -0.39 is 0 Å². The summed E-state index contributed by atoms with van der Waals surface area (Å²) in [6.45, 7) is 3.60. The second kappa shape index (κ2) is 9.71. The van der Waals surface area contributed by atoms with Crippen molar-refractivity contribution in [3.05, 3.63) is 45.8 Å². The molecule has 0 atom stereocenters. The average Bonchev–Trinajstić information content (AvgIpc) is 2.93. The molecule has 0 aromatic carbocycles. The van der Waals surface area contributed by atoms with Gasteiger partial charge in [-0.25, -0.2) is 4.98 Å². The molecule has 0 aliphatic carbocycles. The van der Waals surface area contributed by atoms with Crippen LogP contribution >= 0.6 is 35.3 Å². The number of halogens is 1. The van der Waals surface area contributed by atoms with Crippen LogP contribution in [-0.4, -0.2) is 32.1 Å². The number of nitrogens with one attached hydrogen (secondary N) is 2. The summed E-state index contributed by atoms with van der Waals surface area (Å²) < 4.78 is 0. The van der Waals surface area contributed by atoms with E-state index in [1.807, 2.05) is 31.3 Å². The van der Waals surface area contributed by atoms with E-state index in [1.54, 1.807) is 18.4 Å². The number of pyridine rings is 1. The SMILES string of the molecule is CN=C(NCc1cccnc1N(C)C)NCc1sccc1C.I. The molecule has 0 saturated heterocycles. The number of hydrogen-bond donors (Lipinski definition) is 2. The standard InChI is InChI=1S/C16H23N5S.HI/c1-12-7-9-22-14(12)11-20-16(17-2)19-10-13-6-5-8-18-15(13)21(3)4;/h5-9H,10-11H2,1-4H3,(H2,17,19,20);1H. The molecule has 5 nitrogen and oxygen atoms in total. The first-order chi connectivity index (χ1) is 10.6. The smallest absolute Gasteiger partial charge is 0.191 e. The van der Waals surface area contributed by atoms with Crippen LogP contribution in [0.2, 0.25) is 0 Å². The number of aliphatic imine (C=N–C) groups is 1. The van der Waals surface area contributed by atoms with Crippen LogP contribution < -0.4 is 15.5 Å². The fourth-order valence-electron chi connectivity index (χ4n) is 2.12. The lowest BCUT2D eigenvalue weighted by Gasteiger charge is -2.17. The summed E-state index contributed by atoms with van der Waals surface area (Å²) in [4.78, 5) is 12.0. The molecule has 0 radical (unpaired) electrons. The van der Waals surface area contributed by atoms with E-state index in [0.717, 1.165) is 23.9 Å². The third kappa shape index (κ3) is 5.65. The van der Waals surface area contributed by atoms with E-state index in [9.17, 15) is 0 Å². The summed E-state index contributed by atoms with van der Waals surface area (Å²) in [6.07, 6.45) is 1.81. The first-order valence-electron chi connectivity index (χ1n) is 7.20. The van der Waals surface area contributed by atoms with Gasteiger partial charge in [-0.05, 0) is 30.0 Å². The fourth-order valence-corrected chi connectivity index (χ4v) is 2.97. The van der Waals surface area contributed by atoms with Crippen LogP contribution in [0.25, 0.3) is 0 Å². The summed E-state index contributed by atoms with van der Waals surface area (Å²) in [6, 6.07) is 6.16. The Morgan fingerprint density at radius 3 is 2.61 bits per heavy atom. The highest BCUT2D eigenvalue weighted by atomic mass is 127. The highest BCUT2D eigenvalue weighted by Gasteiger charge is 2.07. The van der Waals surface area contributed by atoms with Gasteiger partial charge < -0.3 is 15.5 Å². The zero-order valence-corrected chi connectivity index (χ0v) is 17.1. The molecular weight excluding hydrogens is 421 g/mol. The molecule has 7 heteroatoms. The first kappa shape index (κ1) is 19.7. The van der Waals surface area contributed by atoms with Crippen LogP contribution in [0.3, 0.4) is 0 Å². The number of anilines is 1. The normalized spacial score (nSPS) is 10.9. The van der Waals surface area contributed by atoms with Crippen LogP contribution in [0.1, 0.15) is 16.0 Å². The summed E-state index contributed by atoms with van der Waals surface area (Å²) in [7, 11) is 5.78. The number of hydrogen-bond acceptors (Lipinski definition) is 4. The second-order valence-corrected chi connectivity index (χ2v) is 6.19. The fraction of sp³-hybridized carbons (Fsp3) is 0.375. The van der Waals surface area contributed by atoms with Crippen molar-refractivity contribution in [3.8, 4) is 0 Å². The lowest BCUT2D eigenvalue weighted by atomic mass is 10.2. The number of thiophene rings is 1. The van der Waals surface area contributed by atoms with Crippen LogP contribution in [-0.2, 0) is 13.1 Å². The maximum Gasteiger partial charge on any atom is 0.191 e. The molecule has 0 aliphatic rings. The van der Waals surface area contributed by atoms with Gasteiger partial charge in [0.1, 0.15) is 5.82 Å². The Hall–Kier alpha value is -1.35.